The van der Waals surface area contributed by atoms with Gasteiger partial charge in [-0.25, -0.2) is 18.1 Å². The number of aryl methyl sites for hydroxylation is 1. The second-order valence-electron chi connectivity index (χ2n) is 3.54. The number of H-pyrrole nitrogens is 1. The molecule has 2 heterocycles. The van der Waals surface area contributed by atoms with Crippen molar-refractivity contribution in [3.05, 3.63) is 35.7 Å². The molecule has 0 aliphatic heterocycles. The normalized spacial score (nSPS) is 11.8. The third-order valence-corrected chi connectivity index (χ3v) is 3.29. The van der Waals surface area contributed by atoms with E-state index in [0.717, 1.165) is 0 Å². The highest BCUT2D eigenvalue weighted by Crippen LogP contribution is 2.05. The van der Waals surface area contributed by atoms with Crippen molar-refractivity contribution in [2.75, 3.05) is 0 Å². The van der Waals surface area contributed by atoms with Crippen LogP contribution < -0.4 is 4.72 Å². The molecule has 0 radical (unpaired) electrons. The molecule has 0 spiro atoms. The number of imidazole rings is 1. The van der Waals surface area contributed by atoms with Crippen molar-refractivity contribution in [2.24, 2.45) is 0 Å². The maximum absolute atomic E-state index is 11.7. The van der Waals surface area contributed by atoms with Crippen molar-refractivity contribution in [2.45, 2.75) is 19.2 Å². The van der Waals surface area contributed by atoms with E-state index in [-0.39, 0.29) is 12.3 Å². The number of aromatic nitrogens is 3. The van der Waals surface area contributed by atoms with Gasteiger partial charge in [-0.15, -0.1) is 0 Å². The number of rotatable bonds is 5. The van der Waals surface area contributed by atoms with Gasteiger partial charge in [0.05, 0.1) is 6.54 Å². The SMILES string of the molecule is Cc1cc(CS(=O)(=O)NCc2ncc[nH]2)no1. The zero-order valence-electron chi connectivity index (χ0n) is 9.17. The molecule has 17 heavy (non-hydrogen) atoms. The first-order valence-corrected chi connectivity index (χ1v) is 6.58. The van der Waals surface area contributed by atoms with Crippen LogP contribution in [-0.4, -0.2) is 23.5 Å². The number of nitrogens with zero attached hydrogens (tertiary/aromatic N) is 2. The summed E-state index contributed by atoms with van der Waals surface area (Å²) in [4.78, 5) is 6.72. The molecule has 0 aliphatic rings. The number of sulfonamides is 1. The van der Waals surface area contributed by atoms with Crippen molar-refractivity contribution in [3.63, 3.8) is 0 Å². The van der Waals surface area contributed by atoms with Crippen LogP contribution in [0.2, 0.25) is 0 Å². The summed E-state index contributed by atoms with van der Waals surface area (Å²) in [6.07, 6.45) is 3.19. The van der Waals surface area contributed by atoms with E-state index in [0.29, 0.717) is 17.3 Å². The van der Waals surface area contributed by atoms with Crippen LogP contribution in [0, 0.1) is 6.92 Å². The minimum atomic E-state index is -3.43. The van der Waals surface area contributed by atoms with Gasteiger partial charge in [0.25, 0.3) is 0 Å². The van der Waals surface area contributed by atoms with Gasteiger partial charge in [0, 0.05) is 18.5 Å². The predicted octanol–water partition coefficient (Wildman–Crippen LogP) is 0.326. The molecule has 0 saturated heterocycles. The van der Waals surface area contributed by atoms with Gasteiger partial charge < -0.3 is 9.51 Å². The average Bonchev–Trinajstić information content (AvgIpc) is 2.86. The third kappa shape index (κ3) is 3.40. The minimum absolute atomic E-state index is 0.131. The van der Waals surface area contributed by atoms with Gasteiger partial charge in [0.15, 0.2) is 0 Å². The first-order valence-electron chi connectivity index (χ1n) is 4.93. The van der Waals surface area contributed by atoms with E-state index in [4.69, 9.17) is 4.52 Å². The monoisotopic (exact) mass is 256 g/mol. The van der Waals surface area contributed by atoms with Gasteiger partial charge in [-0.1, -0.05) is 5.16 Å². The summed E-state index contributed by atoms with van der Waals surface area (Å²) in [5, 5.41) is 3.63. The first kappa shape index (κ1) is 11.8. The molecule has 7 nitrogen and oxygen atoms in total. The lowest BCUT2D eigenvalue weighted by atomic mass is 10.4. The third-order valence-electron chi connectivity index (χ3n) is 2.03. The Morgan fingerprint density at radius 1 is 1.53 bits per heavy atom. The summed E-state index contributed by atoms with van der Waals surface area (Å²) >= 11 is 0. The van der Waals surface area contributed by atoms with Crippen molar-refractivity contribution < 1.29 is 12.9 Å². The highest BCUT2D eigenvalue weighted by Gasteiger charge is 2.14. The summed E-state index contributed by atoms with van der Waals surface area (Å²) in [5.41, 5.74) is 0.384. The summed E-state index contributed by atoms with van der Waals surface area (Å²) < 4.78 is 30.6. The quantitative estimate of drug-likeness (QED) is 0.802. The molecule has 2 aromatic rings. The van der Waals surface area contributed by atoms with Crippen molar-refractivity contribution >= 4 is 10.0 Å². The fourth-order valence-corrected chi connectivity index (χ4v) is 2.29. The summed E-state index contributed by atoms with van der Waals surface area (Å²) in [6.45, 7) is 1.84. The fraction of sp³-hybridized carbons (Fsp3) is 0.333. The largest absolute Gasteiger partial charge is 0.361 e. The van der Waals surface area contributed by atoms with E-state index in [1.807, 2.05) is 0 Å². The maximum Gasteiger partial charge on any atom is 0.217 e. The van der Waals surface area contributed by atoms with Crippen molar-refractivity contribution in [3.8, 4) is 0 Å². The molecule has 0 unspecified atom stereocenters. The van der Waals surface area contributed by atoms with Crippen LogP contribution in [0.1, 0.15) is 17.3 Å². The Morgan fingerprint density at radius 3 is 2.94 bits per heavy atom. The molecule has 92 valence electrons. The maximum atomic E-state index is 11.7. The Balaban J connectivity index is 1.95. The summed E-state index contributed by atoms with van der Waals surface area (Å²) in [5.74, 6) is 0.941. The zero-order chi connectivity index (χ0) is 12.3. The molecule has 0 saturated carbocycles. The molecule has 0 aliphatic carbocycles. The highest BCUT2D eigenvalue weighted by atomic mass is 32.2. The van der Waals surface area contributed by atoms with Crippen LogP contribution in [0.25, 0.3) is 0 Å². The van der Waals surface area contributed by atoms with Gasteiger partial charge in [-0.05, 0) is 6.92 Å². The Labute approximate surface area is 98.3 Å². The number of aromatic amines is 1. The molecule has 0 aromatic carbocycles. The topological polar surface area (TPSA) is 101 Å². The van der Waals surface area contributed by atoms with E-state index in [1.54, 1.807) is 25.4 Å². The van der Waals surface area contributed by atoms with Gasteiger partial charge in [0.1, 0.15) is 23.0 Å². The molecule has 2 N–H and O–H groups in total. The van der Waals surface area contributed by atoms with E-state index >= 15 is 0 Å². The van der Waals surface area contributed by atoms with Gasteiger partial charge in [0.2, 0.25) is 10.0 Å². The van der Waals surface area contributed by atoms with Crippen LogP contribution in [0.15, 0.2) is 23.0 Å². The molecule has 0 atom stereocenters. The minimum Gasteiger partial charge on any atom is -0.361 e. The van der Waals surface area contributed by atoms with E-state index < -0.39 is 10.0 Å². The average molecular weight is 256 g/mol. The smallest absolute Gasteiger partial charge is 0.217 e. The Morgan fingerprint density at radius 2 is 2.35 bits per heavy atom. The first-order chi connectivity index (χ1) is 8.05. The molecule has 0 bridgehead atoms. The number of hydrogen-bond acceptors (Lipinski definition) is 5. The standard InChI is InChI=1S/C9H12N4O3S/c1-7-4-8(13-16-7)6-17(14,15)12-5-9-10-2-3-11-9/h2-4,12H,5-6H2,1H3,(H,10,11). The molecule has 2 aromatic heterocycles. The number of hydrogen-bond donors (Lipinski definition) is 2. The zero-order valence-corrected chi connectivity index (χ0v) is 9.99. The fourth-order valence-electron chi connectivity index (χ4n) is 1.30. The molecule has 0 amide bonds. The van der Waals surface area contributed by atoms with E-state index in [2.05, 4.69) is 19.8 Å². The summed E-state index contributed by atoms with van der Waals surface area (Å²) in [7, 11) is -3.43. The second kappa shape index (κ2) is 4.68. The molecular weight excluding hydrogens is 244 g/mol. The molecular formula is C9H12N4O3S. The van der Waals surface area contributed by atoms with E-state index in [1.165, 1.54) is 0 Å². The second-order valence-corrected chi connectivity index (χ2v) is 5.35. The van der Waals surface area contributed by atoms with Gasteiger partial charge in [-0.2, -0.15) is 0 Å². The molecule has 8 heteroatoms. The van der Waals surface area contributed by atoms with Crippen LogP contribution in [0.4, 0.5) is 0 Å². The van der Waals surface area contributed by atoms with Gasteiger partial charge in [-0.3, -0.25) is 0 Å². The van der Waals surface area contributed by atoms with Gasteiger partial charge >= 0.3 is 0 Å². The summed E-state index contributed by atoms with van der Waals surface area (Å²) in [6, 6.07) is 1.59. The number of nitrogens with one attached hydrogen (secondary N) is 2. The highest BCUT2D eigenvalue weighted by molar-refractivity contribution is 7.88. The van der Waals surface area contributed by atoms with Crippen LogP contribution >= 0.6 is 0 Å². The lowest BCUT2D eigenvalue weighted by Crippen LogP contribution is -2.25. The lowest BCUT2D eigenvalue weighted by Gasteiger charge is -2.02. The predicted molar refractivity (Wildman–Crippen MR) is 59.3 cm³/mol. The lowest BCUT2D eigenvalue weighted by molar-refractivity contribution is 0.392. The van der Waals surface area contributed by atoms with Crippen LogP contribution in [0.3, 0.4) is 0 Å². The molecule has 0 fully saturated rings. The van der Waals surface area contributed by atoms with Crippen molar-refractivity contribution in [1.82, 2.24) is 19.8 Å². The van der Waals surface area contributed by atoms with Crippen molar-refractivity contribution in [1.29, 1.82) is 0 Å². The van der Waals surface area contributed by atoms with Crippen LogP contribution in [0.5, 0.6) is 0 Å². The van der Waals surface area contributed by atoms with Crippen LogP contribution in [-0.2, 0) is 22.3 Å². The Bertz CT molecular complexity index is 573. The van der Waals surface area contributed by atoms with E-state index in [9.17, 15) is 8.42 Å². The molecule has 2 rings (SSSR count). The Hall–Kier alpha value is -1.67. The Kier molecular flexibility index (Phi) is 3.25.